The molecule has 1 atom stereocenters. The van der Waals surface area contributed by atoms with Gasteiger partial charge in [0.15, 0.2) is 4.90 Å². The number of rotatable bonds is 6. The zero-order chi connectivity index (χ0) is 14.9. The van der Waals surface area contributed by atoms with Gasteiger partial charge in [-0.15, -0.1) is 12.4 Å². The highest BCUT2D eigenvalue weighted by molar-refractivity contribution is 7.89. The summed E-state index contributed by atoms with van der Waals surface area (Å²) in [5, 5.41) is 11.0. The Kier molecular flexibility index (Phi) is 5.68. The van der Waals surface area contributed by atoms with Crippen molar-refractivity contribution in [3.8, 4) is 0 Å². The van der Waals surface area contributed by atoms with Crippen LogP contribution in [0.5, 0.6) is 0 Å². The van der Waals surface area contributed by atoms with Gasteiger partial charge in [0.2, 0.25) is 10.0 Å². The second-order valence-corrected chi connectivity index (χ2v) is 6.63. The normalized spacial score (nSPS) is 16.1. The van der Waals surface area contributed by atoms with E-state index in [0.29, 0.717) is 5.56 Å². The molecule has 1 unspecified atom stereocenters. The summed E-state index contributed by atoms with van der Waals surface area (Å²) in [6.07, 6.45) is 1.86. The number of nitrogens with two attached hydrogens (primary N) is 1. The number of hydrogen-bond acceptors (Lipinski definition) is 5. The van der Waals surface area contributed by atoms with Crippen molar-refractivity contribution in [2.45, 2.75) is 30.7 Å². The molecular weight excluding hydrogens is 318 g/mol. The van der Waals surface area contributed by atoms with Crippen molar-refractivity contribution in [1.82, 2.24) is 4.72 Å². The molecule has 1 aliphatic carbocycles. The van der Waals surface area contributed by atoms with Crippen LogP contribution in [0.4, 0.5) is 5.69 Å². The molecule has 0 spiro atoms. The molecule has 9 heteroatoms. The smallest absolute Gasteiger partial charge is 0.289 e. The van der Waals surface area contributed by atoms with E-state index in [1.54, 1.807) is 0 Å². The number of aryl methyl sites for hydroxylation is 1. The van der Waals surface area contributed by atoms with E-state index < -0.39 is 20.6 Å². The van der Waals surface area contributed by atoms with E-state index in [1.807, 2.05) is 0 Å². The Morgan fingerprint density at radius 3 is 2.57 bits per heavy atom. The molecule has 0 bridgehead atoms. The van der Waals surface area contributed by atoms with Crippen LogP contribution in [0.3, 0.4) is 0 Å². The van der Waals surface area contributed by atoms with Crippen molar-refractivity contribution in [2.24, 2.45) is 11.7 Å². The van der Waals surface area contributed by atoms with Gasteiger partial charge in [0.05, 0.1) is 4.92 Å². The van der Waals surface area contributed by atoms with Crippen LogP contribution < -0.4 is 10.5 Å². The minimum absolute atomic E-state index is 0. The fraction of sp³-hybridized carbons (Fsp3) is 0.500. The molecule has 118 valence electrons. The first-order chi connectivity index (χ1) is 9.36. The molecule has 1 fully saturated rings. The third-order valence-corrected chi connectivity index (χ3v) is 5.09. The number of sulfonamides is 1. The molecule has 2 rings (SSSR count). The third-order valence-electron chi connectivity index (χ3n) is 3.41. The molecular formula is C12H18ClN3O4S. The molecule has 7 nitrogen and oxygen atoms in total. The van der Waals surface area contributed by atoms with Crippen molar-refractivity contribution in [3.63, 3.8) is 0 Å². The second-order valence-electron chi connectivity index (χ2n) is 4.98. The summed E-state index contributed by atoms with van der Waals surface area (Å²) >= 11 is 0. The van der Waals surface area contributed by atoms with Crippen LogP contribution in [-0.4, -0.2) is 25.9 Å². The lowest BCUT2D eigenvalue weighted by molar-refractivity contribution is -0.387. The van der Waals surface area contributed by atoms with Crippen LogP contribution in [0, 0.1) is 23.0 Å². The largest absolute Gasteiger partial charge is 0.329 e. The molecule has 1 aromatic carbocycles. The van der Waals surface area contributed by atoms with E-state index in [-0.39, 0.29) is 35.8 Å². The maximum atomic E-state index is 12.4. The van der Waals surface area contributed by atoms with Crippen molar-refractivity contribution in [2.75, 3.05) is 6.54 Å². The van der Waals surface area contributed by atoms with Crippen LogP contribution in [0.2, 0.25) is 0 Å². The van der Waals surface area contributed by atoms with Crippen molar-refractivity contribution >= 4 is 28.1 Å². The average Bonchev–Trinajstić information content (AvgIpc) is 3.19. The summed E-state index contributed by atoms with van der Waals surface area (Å²) in [4.78, 5) is 10.1. The number of nitrogens with one attached hydrogen (secondary N) is 1. The first kappa shape index (κ1) is 17.8. The second kappa shape index (κ2) is 6.69. The summed E-state index contributed by atoms with van der Waals surface area (Å²) in [6.45, 7) is 1.72. The monoisotopic (exact) mass is 335 g/mol. The zero-order valence-corrected chi connectivity index (χ0v) is 13.1. The average molecular weight is 336 g/mol. The zero-order valence-electron chi connectivity index (χ0n) is 11.5. The molecule has 3 N–H and O–H groups in total. The molecule has 0 aliphatic heterocycles. The lowest BCUT2D eigenvalue weighted by atomic mass is 10.2. The first-order valence-corrected chi connectivity index (χ1v) is 7.81. The SMILES string of the molecule is Cc1cccc([N+](=O)[O-])c1S(=O)(=O)NC(CN)C1CC1.Cl. The van der Waals surface area contributed by atoms with Gasteiger partial charge in [-0.05, 0) is 31.2 Å². The van der Waals surface area contributed by atoms with E-state index in [2.05, 4.69) is 4.72 Å². The Balaban J connectivity index is 0.00000220. The molecule has 1 saturated carbocycles. The standard InChI is InChI=1S/C12H17N3O4S.ClH/c1-8-3-2-4-11(15(16)17)12(8)20(18,19)14-10(7-13)9-5-6-9;/h2-4,9-10,14H,5-7,13H2,1H3;1H. The van der Waals surface area contributed by atoms with Gasteiger partial charge in [0.25, 0.3) is 5.69 Å². The summed E-state index contributed by atoms with van der Waals surface area (Å²) in [5.74, 6) is 0.234. The predicted molar refractivity (Wildman–Crippen MR) is 81.0 cm³/mol. The Hall–Kier alpha value is -1.22. The minimum Gasteiger partial charge on any atom is -0.329 e. The van der Waals surface area contributed by atoms with Crippen LogP contribution in [0.1, 0.15) is 18.4 Å². The molecule has 1 aliphatic rings. The Morgan fingerprint density at radius 2 is 2.10 bits per heavy atom. The molecule has 21 heavy (non-hydrogen) atoms. The number of nitro groups is 1. The highest BCUT2D eigenvalue weighted by Crippen LogP contribution is 2.34. The van der Waals surface area contributed by atoms with E-state index in [0.717, 1.165) is 12.8 Å². The lowest BCUT2D eigenvalue weighted by Gasteiger charge is -2.17. The number of halogens is 1. The molecule has 0 saturated heterocycles. The first-order valence-electron chi connectivity index (χ1n) is 6.33. The Bertz CT molecular complexity index is 631. The molecule has 0 aromatic heterocycles. The van der Waals surface area contributed by atoms with Gasteiger partial charge < -0.3 is 5.73 Å². The third kappa shape index (κ3) is 3.91. The summed E-state index contributed by atoms with van der Waals surface area (Å²) in [6, 6.07) is 3.83. The molecule has 1 aromatic rings. The number of hydrogen-bond donors (Lipinski definition) is 2. The fourth-order valence-corrected chi connectivity index (χ4v) is 3.94. The Morgan fingerprint density at radius 1 is 1.48 bits per heavy atom. The van der Waals surface area contributed by atoms with Crippen LogP contribution in [0.15, 0.2) is 23.1 Å². The number of benzene rings is 1. The van der Waals surface area contributed by atoms with Crippen molar-refractivity contribution in [1.29, 1.82) is 0 Å². The quantitative estimate of drug-likeness (QED) is 0.601. The minimum atomic E-state index is -3.95. The summed E-state index contributed by atoms with van der Waals surface area (Å²) in [7, 11) is -3.95. The van der Waals surface area contributed by atoms with E-state index in [1.165, 1.54) is 25.1 Å². The van der Waals surface area contributed by atoms with Crippen LogP contribution in [0.25, 0.3) is 0 Å². The van der Waals surface area contributed by atoms with Crippen LogP contribution in [-0.2, 0) is 10.0 Å². The topological polar surface area (TPSA) is 115 Å². The predicted octanol–water partition coefficient (Wildman–Crippen LogP) is 1.34. The van der Waals surface area contributed by atoms with E-state index in [4.69, 9.17) is 5.73 Å². The fourth-order valence-electron chi connectivity index (χ4n) is 2.22. The highest BCUT2D eigenvalue weighted by Gasteiger charge is 2.36. The van der Waals surface area contributed by atoms with Gasteiger partial charge in [-0.2, -0.15) is 0 Å². The van der Waals surface area contributed by atoms with E-state index in [9.17, 15) is 18.5 Å². The number of nitrogens with zero attached hydrogens (tertiary/aromatic N) is 1. The maximum absolute atomic E-state index is 12.4. The number of nitro benzene ring substituents is 1. The molecule has 0 radical (unpaired) electrons. The lowest BCUT2D eigenvalue weighted by Crippen LogP contribution is -2.42. The summed E-state index contributed by atoms with van der Waals surface area (Å²) in [5.41, 5.74) is 5.51. The highest BCUT2D eigenvalue weighted by atomic mass is 35.5. The van der Waals surface area contributed by atoms with Crippen molar-refractivity contribution < 1.29 is 13.3 Å². The van der Waals surface area contributed by atoms with Crippen LogP contribution >= 0.6 is 12.4 Å². The van der Waals surface area contributed by atoms with Gasteiger partial charge >= 0.3 is 0 Å². The molecule has 0 heterocycles. The Labute approximate surface area is 129 Å². The maximum Gasteiger partial charge on any atom is 0.289 e. The van der Waals surface area contributed by atoms with Gasteiger partial charge in [-0.1, -0.05) is 12.1 Å². The summed E-state index contributed by atoms with van der Waals surface area (Å²) < 4.78 is 27.3. The van der Waals surface area contributed by atoms with Gasteiger partial charge in [-0.25, -0.2) is 13.1 Å². The van der Waals surface area contributed by atoms with Crippen molar-refractivity contribution in [3.05, 3.63) is 33.9 Å². The molecule has 0 amide bonds. The van der Waals surface area contributed by atoms with E-state index >= 15 is 0 Å². The van der Waals surface area contributed by atoms with Gasteiger partial charge in [-0.3, -0.25) is 10.1 Å². The van der Waals surface area contributed by atoms with Gasteiger partial charge in [0.1, 0.15) is 0 Å². The van der Waals surface area contributed by atoms with Gasteiger partial charge in [0, 0.05) is 18.7 Å².